The van der Waals surface area contributed by atoms with Crippen LogP contribution >= 0.6 is 0 Å². The van der Waals surface area contributed by atoms with Gasteiger partial charge in [-0.1, -0.05) is 6.42 Å². The molecule has 3 nitrogen and oxygen atoms in total. The van der Waals surface area contributed by atoms with Crippen molar-refractivity contribution in [1.82, 2.24) is 4.90 Å². The van der Waals surface area contributed by atoms with E-state index in [4.69, 9.17) is 5.26 Å². The van der Waals surface area contributed by atoms with Gasteiger partial charge in [-0.2, -0.15) is 5.26 Å². The first-order chi connectivity index (χ1) is 8.74. The molecule has 1 fully saturated rings. The summed E-state index contributed by atoms with van der Waals surface area (Å²) in [6, 6.07) is 6.56. The molecule has 0 bridgehead atoms. The van der Waals surface area contributed by atoms with E-state index in [-0.39, 0.29) is 18.5 Å². The monoisotopic (exact) mass is 248 g/mol. The molecule has 1 unspecified atom stereocenters. The topological polar surface area (TPSA) is 47.3 Å². The van der Waals surface area contributed by atoms with Crippen molar-refractivity contribution in [1.29, 1.82) is 5.26 Å². The van der Waals surface area contributed by atoms with E-state index in [1.54, 1.807) is 6.07 Å². The minimum Gasteiger partial charge on any atom is -0.395 e. The second-order valence-electron chi connectivity index (χ2n) is 4.72. The second-order valence-corrected chi connectivity index (χ2v) is 4.72. The number of rotatable bonds is 3. The van der Waals surface area contributed by atoms with Gasteiger partial charge >= 0.3 is 0 Å². The zero-order valence-electron chi connectivity index (χ0n) is 10.3. The van der Waals surface area contributed by atoms with Crippen molar-refractivity contribution in [3.05, 3.63) is 35.1 Å². The minimum absolute atomic E-state index is 0.111. The van der Waals surface area contributed by atoms with Gasteiger partial charge in [0.15, 0.2) is 0 Å². The van der Waals surface area contributed by atoms with E-state index in [0.717, 1.165) is 25.8 Å². The highest BCUT2D eigenvalue weighted by molar-refractivity contribution is 5.33. The minimum atomic E-state index is -0.281. The first-order valence-corrected chi connectivity index (χ1v) is 6.28. The summed E-state index contributed by atoms with van der Waals surface area (Å²) in [5, 5.41) is 18.2. The molecule has 1 aliphatic rings. The number of halogens is 1. The van der Waals surface area contributed by atoms with Gasteiger partial charge in [0.25, 0.3) is 0 Å². The Morgan fingerprint density at radius 2 is 2.28 bits per heavy atom. The molecule has 0 saturated carbocycles. The number of piperidine rings is 1. The Morgan fingerprint density at radius 3 is 3.00 bits per heavy atom. The second kappa shape index (κ2) is 5.94. The fourth-order valence-electron chi connectivity index (χ4n) is 2.46. The third kappa shape index (κ3) is 2.87. The lowest BCUT2D eigenvalue weighted by molar-refractivity contribution is 0.0832. The van der Waals surface area contributed by atoms with E-state index in [1.165, 1.54) is 12.1 Å². The van der Waals surface area contributed by atoms with Gasteiger partial charge < -0.3 is 5.11 Å². The molecule has 0 aliphatic carbocycles. The first-order valence-electron chi connectivity index (χ1n) is 6.28. The summed E-state index contributed by atoms with van der Waals surface area (Å²) in [6.07, 6.45) is 3.15. The molecule has 1 N–H and O–H groups in total. The molecule has 1 saturated heterocycles. The van der Waals surface area contributed by atoms with E-state index >= 15 is 0 Å². The third-order valence-corrected chi connectivity index (χ3v) is 3.51. The van der Waals surface area contributed by atoms with Crippen LogP contribution in [0.1, 0.15) is 30.4 Å². The number of hydrogen-bond acceptors (Lipinski definition) is 3. The zero-order chi connectivity index (χ0) is 13.0. The number of aliphatic hydroxyl groups is 1. The lowest BCUT2D eigenvalue weighted by Gasteiger charge is -2.34. The predicted molar refractivity (Wildman–Crippen MR) is 66.2 cm³/mol. The van der Waals surface area contributed by atoms with E-state index in [9.17, 15) is 9.50 Å². The number of nitrogens with zero attached hydrogens (tertiary/aromatic N) is 2. The number of likely N-dealkylation sites (tertiary alicyclic amines) is 1. The molecule has 0 spiro atoms. The molecule has 4 heteroatoms. The quantitative estimate of drug-likeness (QED) is 0.890. The van der Waals surface area contributed by atoms with Gasteiger partial charge in [0.1, 0.15) is 5.82 Å². The maximum Gasteiger partial charge on any atom is 0.127 e. The maximum atomic E-state index is 13.7. The van der Waals surface area contributed by atoms with Crippen LogP contribution in [0, 0.1) is 17.1 Å². The fraction of sp³-hybridized carbons (Fsp3) is 0.500. The summed E-state index contributed by atoms with van der Waals surface area (Å²) in [5.74, 6) is -0.281. The molecule has 1 atom stereocenters. The predicted octanol–water partition coefficient (Wildman–Crippen LogP) is 2.04. The highest BCUT2D eigenvalue weighted by Crippen LogP contribution is 2.21. The lowest BCUT2D eigenvalue weighted by atomic mass is 10.0. The largest absolute Gasteiger partial charge is 0.395 e. The molecular formula is C14H17FN2O. The molecule has 1 heterocycles. The summed E-state index contributed by atoms with van der Waals surface area (Å²) in [6.45, 7) is 1.45. The molecule has 2 rings (SSSR count). The SMILES string of the molecule is N#Cc1ccc(F)c(CN2CCCCC2CO)c1. The maximum absolute atomic E-state index is 13.7. The molecule has 1 aliphatic heterocycles. The summed E-state index contributed by atoms with van der Waals surface area (Å²) in [7, 11) is 0. The Balaban J connectivity index is 2.14. The van der Waals surface area contributed by atoms with Crippen LogP contribution in [0.2, 0.25) is 0 Å². The van der Waals surface area contributed by atoms with Gasteiger partial charge in [-0.25, -0.2) is 4.39 Å². The van der Waals surface area contributed by atoms with Crippen LogP contribution in [-0.4, -0.2) is 29.2 Å². The number of benzene rings is 1. The van der Waals surface area contributed by atoms with Gasteiger partial charge in [-0.05, 0) is 37.6 Å². The van der Waals surface area contributed by atoms with Gasteiger partial charge in [-0.15, -0.1) is 0 Å². The summed E-state index contributed by atoms with van der Waals surface area (Å²) >= 11 is 0. The molecule has 18 heavy (non-hydrogen) atoms. The fourth-order valence-corrected chi connectivity index (χ4v) is 2.46. The number of aliphatic hydroxyl groups excluding tert-OH is 1. The van der Waals surface area contributed by atoms with E-state index in [0.29, 0.717) is 17.7 Å². The van der Waals surface area contributed by atoms with Gasteiger partial charge in [-0.3, -0.25) is 4.90 Å². The zero-order valence-corrected chi connectivity index (χ0v) is 10.3. The normalized spacial score (nSPS) is 20.6. The molecule has 1 aromatic rings. The summed E-state index contributed by atoms with van der Waals surface area (Å²) in [5.41, 5.74) is 1.01. The van der Waals surface area contributed by atoms with Crippen molar-refractivity contribution in [2.24, 2.45) is 0 Å². The molecular weight excluding hydrogens is 231 g/mol. The highest BCUT2D eigenvalue weighted by atomic mass is 19.1. The standard InChI is InChI=1S/C14H17FN2O/c15-14-5-4-11(8-16)7-12(14)9-17-6-2-1-3-13(17)10-18/h4-5,7,13,18H,1-3,6,9-10H2. The highest BCUT2D eigenvalue weighted by Gasteiger charge is 2.22. The average molecular weight is 248 g/mol. The summed E-state index contributed by atoms with van der Waals surface area (Å²) < 4.78 is 13.7. The smallest absolute Gasteiger partial charge is 0.127 e. The van der Waals surface area contributed by atoms with Crippen molar-refractivity contribution in [3.8, 4) is 6.07 Å². The van der Waals surface area contributed by atoms with E-state index in [1.807, 2.05) is 6.07 Å². The average Bonchev–Trinajstić information content (AvgIpc) is 2.42. The van der Waals surface area contributed by atoms with Crippen LogP contribution < -0.4 is 0 Å². The Bertz CT molecular complexity index is 456. The van der Waals surface area contributed by atoms with Crippen molar-refractivity contribution in [3.63, 3.8) is 0 Å². The van der Waals surface area contributed by atoms with Gasteiger partial charge in [0.2, 0.25) is 0 Å². The van der Waals surface area contributed by atoms with Crippen molar-refractivity contribution >= 4 is 0 Å². The van der Waals surface area contributed by atoms with Gasteiger partial charge in [0, 0.05) is 18.2 Å². The number of hydrogen-bond donors (Lipinski definition) is 1. The van der Waals surface area contributed by atoms with Gasteiger partial charge in [0.05, 0.1) is 18.2 Å². The molecule has 0 amide bonds. The molecule has 0 aromatic heterocycles. The third-order valence-electron chi connectivity index (χ3n) is 3.51. The van der Waals surface area contributed by atoms with Crippen molar-refractivity contribution in [2.45, 2.75) is 31.8 Å². The molecule has 0 radical (unpaired) electrons. The van der Waals surface area contributed by atoms with Crippen molar-refractivity contribution < 1.29 is 9.50 Å². The van der Waals surface area contributed by atoms with Crippen LogP contribution in [0.4, 0.5) is 4.39 Å². The van der Waals surface area contributed by atoms with Crippen LogP contribution in [0.5, 0.6) is 0 Å². The number of nitriles is 1. The Hall–Kier alpha value is -1.44. The Morgan fingerprint density at radius 1 is 1.44 bits per heavy atom. The van der Waals surface area contributed by atoms with Crippen molar-refractivity contribution in [2.75, 3.05) is 13.2 Å². The lowest BCUT2D eigenvalue weighted by Crippen LogP contribution is -2.41. The molecule has 1 aromatic carbocycles. The Kier molecular flexibility index (Phi) is 4.29. The van der Waals surface area contributed by atoms with Crippen LogP contribution in [0.25, 0.3) is 0 Å². The molecule has 96 valence electrons. The Labute approximate surface area is 106 Å². The first kappa shape index (κ1) is 13.0. The van der Waals surface area contributed by atoms with Crippen LogP contribution in [-0.2, 0) is 6.54 Å². The van der Waals surface area contributed by atoms with Crippen LogP contribution in [0.3, 0.4) is 0 Å². The van der Waals surface area contributed by atoms with E-state index in [2.05, 4.69) is 4.90 Å². The summed E-state index contributed by atoms with van der Waals surface area (Å²) in [4.78, 5) is 2.10. The van der Waals surface area contributed by atoms with Crippen LogP contribution in [0.15, 0.2) is 18.2 Å². The van der Waals surface area contributed by atoms with E-state index < -0.39 is 0 Å².